The lowest BCUT2D eigenvalue weighted by Gasteiger charge is -2.14. The highest BCUT2D eigenvalue weighted by atomic mass is 19.4. The van der Waals surface area contributed by atoms with Crippen LogP contribution in [-0.2, 0) is 17.5 Å². The van der Waals surface area contributed by atoms with Crippen LogP contribution in [0.5, 0.6) is 0 Å². The summed E-state index contributed by atoms with van der Waals surface area (Å²) in [6.45, 7) is 5.68. The van der Waals surface area contributed by atoms with Crippen LogP contribution >= 0.6 is 0 Å². The number of hydrogen-bond acceptors (Lipinski definition) is 2. The lowest BCUT2D eigenvalue weighted by Crippen LogP contribution is -2.30. The molecule has 0 saturated carbocycles. The first-order valence-corrected chi connectivity index (χ1v) is 5.90. The molecule has 5 heteroatoms. The first-order chi connectivity index (χ1) is 8.43. The van der Waals surface area contributed by atoms with Gasteiger partial charge in [-0.25, -0.2) is 0 Å². The standard InChI is InChI=1S/C13H18F3NO/c1-3-18-9-10(2)17-8-11-4-6-12(7-5-11)13(14,15)16/h4-7,10,17H,3,8-9H2,1-2H3. The van der Waals surface area contributed by atoms with Crippen LogP contribution in [0.4, 0.5) is 13.2 Å². The molecule has 18 heavy (non-hydrogen) atoms. The predicted molar refractivity (Wildman–Crippen MR) is 64.2 cm³/mol. The fourth-order valence-corrected chi connectivity index (χ4v) is 1.46. The van der Waals surface area contributed by atoms with Crippen molar-refractivity contribution in [1.29, 1.82) is 0 Å². The minimum absolute atomic E-state index is 0.173. The third kappa shape index (κ3) is 5.06. The molecule has 2 nitrogen and oxygen atoms in total. The first-order valence-electron chi connectivity index (χ1n) is 5.90. The van der Waals surface area contributed by atoms with Crippen LogP contribution in [-0.4, -0.2) is 19.3 Å². The van der Waals surface area contributed by atoms with Crippen molar-refractivity contribution in [2.75, 3.05) is 13.2 Å². The minimum atomic E-state index is -4.27. The molecule has 0 aliphatic heterocycles. The summed E-state index contributed by atoms with van der Waals surface area (Å²) < 4.78 is 42.3. The Morgan fingerprint density at radius 1 is 1.22 bits per heavy atom. The van der Waals surface area contributed by atoms with Crippen molar-refractivity contribution in [3.05, 3.63) is 35.4 Å². The van der Waals surface area contributed by atoms with Crippen LogP contribution in [0.2, 0.25) is 0 Å². The Morgan fingerprint density at radius 3 is 2.33 bits per heavy atom. The Balaban J connectivity index is 2.44. The number of hydrogen-bond donors (Lipinski definition) is 1. The van der Waals surface area contributed by atoms with Gasteiger partial charge in [-0.15, -0.1) is 0 Å². The predicted octanol–water partition coefficient (Wildman–Crippen LogP) is 3.22. The summed E-state index contributed by atoms with van der Waals surface area (Å²) in [6.07, 6.45) is -4.27. The lowest BCUT2D eigenvalue weighted by atomic mass is 10.1. The maximum atomic E-state index is 12.3. The summed E-state index contributed by atoms with van der Waals surface area (Å²) in [5.74, 6) is 0. The van der Waals surface area contributed by atoms with Gasteiger partial charge in [-0.05, 0) is 31.5 Å². The lowest BCUT2D eigenvalue weighted by molar-refractivity contribution is -0.137. The summed E-state index contributed by atoms with van der Waals surface area (Å²) in [4.78, 5) is 0. The van der Waals surface area contributed by atoms with Crippen LogP contribution in [0, 0.1) is 0 Å². The van der Waals surface area contributed by atoms with E-state index in [-0.39, 0.29) is 6.04 Å². The summed E-state index contributed by atoms with van der Waals surface area (Å²) in [7, 11) is 0. The SMILES string of the molecule is CCOCC(C)NCc1ccc(C(F)(F)F)cc1. The second kappa shape index (κ2) is 6.75. The van der Waals surface area contributed by atoms with Crippen molar-refractivity contribution in [2.24, 2.45) is 0 Å². The number of benzene rings is 1. The van der Waals surface area contributed by atoms with Crippen molar-refractivity contribution in [2.45, 2.75) is 32.6 Å². The van der Waals surface area contributed by atoms with Gasteiger partial charge in [-0.1, -0.05) is 12.1 Å². The molecule has 0 bridgehead atoms. The van der Waals surface area contributed by atoms with Crippen molar-refractivity contribution in [3.63, 3.8) is 0 Å². The van der Waals surface area contributed by atoms with E-state index < -0.39 is 11.7 Å². The van der Waals surface area contributed by atoms with Gasteiger partial charge in [0.15, 0.2) is 0 Å². The quantitative estimate of drug-likeness (QED) is 0.849. The van der Waals surface area contributed by atoms with Gasteiger partial charge in [0.1, 0.15) is 0 Å². The summed E-state index contributed by atoms with van der Waals surface area (Å²) in [6, 6.07) is 5.35. The third-order valence-electron chi connectivity index (χ3n) is 2.51. The fraction of sp³-hybridized carbons (Fsp3) is 0.538. The van der Waals surface area contributed by atoms with Crippen molar-refractivity contribution >= 4 is 0 Å². The van der Waals surface area contributed by atoms with Gasteiger partial charge in [0.05, 0.1) is 12.2 Å². The highest BCUT2D eigenvalue weighted by Crippen LogP contribution is 2.28. The maximum absolute atomic E-state index is 12.3. The molecule has 0 spiro atoms. The summed E-state index contributed by atoms with van der Waals surface area (Å²) >= 11 is 0. The number of nitrogens with one attached hydrogen (secondary N) is 1. The highest BCUT2D eigenvalue weighted by Gasteiger charge is 2.29. The zero-order valence-electron chi connectivity index (χ0n) is 10.6. The van der Waals surface area contributed by atoms with Gasteiger partial charge in [-0.3, -0.25) is 0 Å². The van der Waals surface area contributed by atoms with Gasteiger partial charge in [0, 0.05) is 19.2 Å². The molecule has 0 aromatic heterocycles. The number of halogens is 3. The summed E-state index contributed by atoms with van der Waals surface area (Å²) in [5, 5.41) is 3.19. The zero-order chi connectivity index (χ0) is 13.6. The Labute approximate surface area is 105 Å². The van der Waals surface area contributed by atoms with Gasteiger partial charge in [-0.2, -0.15) is 13.2 Å². The van der Waals surface area contributed by atoms with Crippen molar-refractivity contribution in [1.82, 2.24) is 5.32 Å². The molecule has 1 N–H and O–H groups in total. The molecular formula is C13H18F3NO. The Bertz CT molecular complexity index is 348. The minimum Gasteiger partial charge on any atom is -0.380 e. The molecule has 0 amide bonds. The van der Waals surface area contributed by atoms with Crippen LogP contribution < -0.4 is 5.32 Å². The van der Waals surface area contributed by atoms with Gasteiger partial charge in [0.25, 0.3) is 0 Å². The van der Waals surface area contributed by atoms with Gasteiger partial charge in [0.2, 0.25) is 0 Å². The van der Waals surface area contributed by atoms with Crippen LogP contribution in [0.15, 0.2) is 24.3 Å². The molecule has 0 radical (unpaired) electrons. The number of rotatable bonds is 6. The summed E-state index contributed by atoms with van der Waals surface area (Å²) in [5.41, 5.74) is 0.208. The molecule has 1 atom stereocenters. The van der Waals surface area contributed by atoms with E-state index in [1.54, 1.807) is 0 Å². The Morgan fingerprint density at radius 2 is 1.83 bits per heavy atom. The molecule has 0 fully saturated rings. The van der Waals surface area contributed by atoms with E-state index in [4.69, 9.17) is 4.74 Å². The topological polar surface area (TPSA) is 21.3 Å². The van der Waals surface area contributed by atoms with Crippen LogP contribution in [0.3, 0.4) is 0 Å². The molecule has 1 aromatic rings. The van der Waals surface area contributed by atoms with Gasteiger partial charge < -0.3 is 10.1 Å². The Kier molecular flexibility index (Phi) is 5.62. The van der Waals surface area contributed by atoms with Crippen molar-refractivity contribution in [3.8, 4) is 0 Å². The second-order valence-electron chi connectivity index (χ2n) is 4.14. The molecular weight excluding hydrogens is 243 g/mol. The van der Waals surface area contributed by atoms with Crippen molar-refractivity contribution < 1.29 is 17.9 Å². The fourth-order valence-electron chi connectivity index (χ4n) is 1.46. The van der Waals surface area contributed by atoms with E-state index in [1.807, 2.05) is 13.8 Å². The second-order valence-corrected chi connectivity index (χ2v) is 4.14. The van der Waals surface area contributed by atoms with E-state index >= 15 is 0 Å². The van der Waals surface area contributed by atoms with E-state index in [2.05, 4.69) is 5.32 Å². The smallest absolute Gasteiger partial charge is 0.380 e. The van der Waals surface area contributed by atoms with Crippen LogP contribution in [0.25, 0.3) is 0 Å². The molecule has 0 aliphatic rings. The Hall–Kier alpha value is -1.07. The zero-order valence-corrected chi connectivity index (χ0v) is 10.6. The van der Waals surface area contributed by atoms with Gasteiger partial charge >= 0.3 is 6.18 Å². The monoisotopic (exact) mass is 261 g/mol. The molecule has 102 valence electrons. The molecule has 1 aromatic carbocycles. The molecule has 0 saturated heterocycles. The van der Waals surface area contributed by atoms with E-state index in [0.717, 1.165) is 17.7 Å². The molecule has 1 unspecified atom stereocenters. The first kappa shape index (κ1) is 15.0. The average molecular weight is 261 g/mol. The average Bonchev–Trinajstić information content (AvgIpc) is 2.33. The number of ether oxygens (including phenoxy) is 1. The van der Waals surface area contributed by atoms with Crippen LogP contribution in [0.1, 0.15) is 25.0 Å². The van der Waals surface area contributed by atoms with E-state index in [1.165, 1.54) is 12.1 Å². The maximum Gasteiger partial charge on any atom is 0.416 e. The number of alkyl halides is 3. The van der Waals surface area contributed by atoms with E-state index in [9.17, 15) is 13.2 Å². The normalized spacial score (nSPS) is 13.6. The largest absolute Gasteiger partial charge is 0.416 e. The third-order valence-corrected chi connectivity index (χ3v) is 2.51. The molecule has 0 aliphatic carbocycles. The molecule has 0 heterocycles. The highest BCUT2D eigenvalue weighted by molar-refractivity contribution is 5.24. The van der Waals surface area contributed by atoms with E-state index in [0.29, 0.717) is 19.8 Å². The molecule has 1 rings (SSSR count).